The zero-order chi connectivity index (χ0) is 26.5. The SMILES string of the molecule is COc1cc(C=Nn2c(C3CCCCC3)nc3ccccc3c2=O)cc(Br)c1OCc1ccccc1C#N. The van der Waals surface area contributed by atoms with Gasteiger partial charge in [0.15, 0.2) is 11.5 Å². The minimum Gasteiger partial charge on any atom is -0.493 e. The van der Waals surface area contributed by atoms with Crippen LogP contribution in [-0.4, -0.2) is 23.0 Å². The first-order valence-corrected chi connectivity index (χ1v) is 13.4. The molecule has 1 saturated carbocycles. The highest BCUT2D eigenvalue weighted by atomic mass is 79.9. The van der Waals surface area contributed by atoms with Crippen molar-refractivity contribution in [3.8, 4) is 17.6 Å². The molecule has 1 aromatic heterocycles. The molecule has 192 valence electrons. The molecule has 0 amide bonds. The molecular formula is C30H27BrN4O3. The van der Waals surface area contributed by atoms with Gasteiger partial charge >= 0.3 is 0 Å². The van der Waals surface area contributed by atoms with E-state index in [2.05, 4.69) is 27.1 Å². The topological polar surface area (TPSA) is 89.5 Å². The molecule has 0 atom stereocenters. The van der Waals surface area contributed by atoms with Crippen molar-refractivity contribution < 1.29 is 9.47 Å². The van der Waals surface area contributed by atoms with Crippen LogP contribution in [0.2, 0.25) is 0 Å². The Balaban J connectivity index is 1.48. The van der Waals surface area contributed by atoms with Crippen molar-refractivity contribution >= 4 is 33.0 Å². The third-order valence-electron chi connectivity index (χ3n) is 6.83. The van der Waals surface area contributed by atoms with Crippen LogP contribution in [-0.2, 0) is 6.61 Å². The lowest BCUT2D eigenvalue weighted by atomic mass is 9.88. The molecule has 1 fully saturated rings. The fraction of sp³-hybridized carbons (Fsp3) is 0.267. The second-order valence-electron chi connectivity index (χ2n) is 9.28. The van der Waals surface area contributed by atoms with Crippen molar-refractivity contribution in [2.24, 2.45) is 5.10 Å². The molecule has 0 radical (unpaired) electrons. The molecule has 7 nitrogen and oxygen atoms in total. The summed E-state index contributed by atoms with van der Waals surface area (Å²) in [6, 6.07) is 20.6. The molecule has 1 aliphatic carbocycles. The molecule has 8 heteroatoms. The summed E-state index contributed by atoms with van der Waals surface area (Å²) in [6.07, 6.45) is 7.11. The third kappa shape index (κ3) is 5.34. The summed E-state index contributed by atoms with van der Waals surface area (Å²) in [5, 5.41) is 14.5. The highest BCUT2D eigenvalue weighted by molar-refractivity contribution is 9.10. The van der Waals surface area contributed by atoms with Crippen molar-refractivity contribution in [1.29, 1.82) is 5.26 Å². The van der Waals surface area contributed by atoms with Crippen molar-refractivity contribution in [2.45, 2.75) is 44.6 Å². The number of hydrogen-bond acceptors (Lipinski definition) is 6. The summed E-state index contributed by atoms with van der Waals surface area (Å²) >= 11 is 3.59. The van der Waals surface area contributed by atoms with Gasteiger partial charge in [0.2, 0.25) is 0 Å². The van der Waals surface area contributed by atoms with Gasteiger partial charge in [-0.1, -0.05) is 49.6 Å². The van der Waals surface area contributed by atoms with Crippen LogP contribution in [0.4, 0.5) is 0 Å². The number of aromatic nitrogens is 2. The van der Waals surface area contributed by atoms with E-state index in [-0.39, 0.29) is 18.1 Å². The number of methoxy groups -OCH3 is 1. The minimum atomic E-state index is -0.172. The van der Waals surface area contributed by atoms with Crippen LogP contribution in [0.3, 0.4) is 0 Å². The normalized spacial score (nSPS) is 14.0. The predicted octanol–water partition coefficient (Wildman–Crippen LogP) is 6.55. The maximum Gasteiger partial charge on any atom is 0.282 e. The zero-order valence-electron chi connectivity index (χ0n) is 21.1. The van der Waals surface area contributed by atoms with E-state index >= 15 is 0 Å². The minimum absolute atomic E-state index is 0.172. The number of halogens is 1. The number of hydrogen-bond donors (Lipinski definition) is 0. The van der Waals surface area contributed by atoms with Gasteiger partial charge in [-0.05, 0) is 64.7 Å². The quantitative estimate of drug-likeness (QED) is 0.235. The van der Waals surface area contributed by atoms with E-state index in [1.807, 2.05) is 42.5 Å². The maximum atomic E-state index is 13.5. The monoisotopic (exact) mass is 570 g/mol. The third-order valence-corrected chi connectivity index (χ3v) is 7.42. The number of ether oxygens (including phenoxy) is 2. The van der Waals surface area contributed by atoms with E-state index in [0.717, 1.165) is 36.8 Å². The largest absolute Gasteiger partial charge is 0.493 e. The lowest BCUT2D eigenvalue weighted by Gasteiger charge is -2.22. The van der Waals surface area contributed by atoms with E-state index < -0.39 is 0 Å². The molecule has 38 heavy (non-hydrogen) atoms. The van der Waals surface area contributed by atoms with Crippen molar-refractivity contribution in [1.82, 2.24) is 9.66 Å². The number of nitriles is 1. The molecule has 0 unspecified atom stereocenters. The van der Waals surface area contributed by atoms with Gasteiger partial charge in [0.1, 0.15) is 12.4 Å². The summed E-state index contributed by atoms with van der Waals surface area (Å²) in [4.78, 5) is 18.3. The Morgan fingerprint density at radius 2 is 1.89 bits per heavy atom. The first kappa shape index (κ1) is 25.7. The first-order valence-electron chi connectivity index (χ1n) is 12.6. The van der Waals surface area contributed by atoms with E-state index in [0.29, 0.717) is 38.3 Å². The second kappa shape index (κ2) is 11.6. The van der Waals surface area contributed by atoms with Crippen LogP contribution in [0.15, 0.2) is 75.0 Å². The van der Waals surface area contributed by atoms with E-state index in [1.54, 1.807) is 31.5 Å². The van der Waals surface area contributed by atoms with Gasteiger partial charge in [-0.25, -0.2) is 4.98 Å². The van der Waals surface area contributed by atoms with Gasteiger partial charge in [-0.2, -0.15) is 15.0 Å². The Morgan fingerprint density at radius 3 is 2.68 bits per heavy atom. The van der Waals surface area contributed by atoms with E-state index in [4.69, 9.17) is 14.5 Å². The molecule has 0 N–H and O–H groups in total. The Kier molecular flexibility index (Phi) is 7.85. The fourth-order valence-electron chi connectivity index (χ4n) is 4.86. The number of nitrogens with zero attached hydrogens (tertiary/aromatic N) is 4. The van der Waals surface area contributed by atoms with Crippen molar-refractivity contribution in [2.75, 3.05) is 7.11 Å². The van der Waals surface area contributed by atoms with Gasteiger partial charge < -0.3 is 9.47 Å². The summed E-state index contributed by atoms with van der Waals surface area (Å²) in [5.41, 5.74) is 2.61. The average Bonchev–Trinajstić information content (AvgIpc) is 2.96. The van der Waals surface area contributed by atoms with Crippen molar-refractivity contribution in [3.63, 3.8) is 0 Å². The number of benzene rings is 3. The summed E-state index contributed by atoms with van der Waals surface area (Å²) in [7, 11) is 1.57. The number of rotatable bonds is 7. The van der Waals surface area contributed by atoms with Crippen LogP contribution in [0.1, 0.15) is 60.5 Å². The van der Waals surface area contributed by atoms with Crippen LogP contribution in [0.25, 0.3) is 10.9 Å². The molecule has 0 aliphatic heterocycles. The van der Waals surface area contributed by atoms with Crippen molar-refractivity contribution in [3.05, 3.63) is 98.0 Å². The summed E-state index contributed by atoms with van der Waals surface area (Å²) in [5.74, 6) is 1.94. The molecule has 4 aromatic rings. The number of para-hydroxylation sites is 1. The van der Waals surface area contributed by atoms with Gasteiger partial charge in [0.25, 0.3) is 5.56 Å². The molecule has 5 rings (SSSR count). The van der Waals surface area contributed by atoms with Gasteiger partial charge in [0, 0.05) is 11.5 Å². The fourth-order valence-corrected chi connectivity index (χ4v) is 5.44. The van der Waals surface area contributed by atoms with E-state index in [9.17, 15) is 10.1 Å². The average molecular weight is 571 g/mol. The van der Waals surface area contributed by atoms with Crippen LogP contribution in [0.5, 0.6) is 11.5 Å². The molecule has 0 saturated heterocycles. The number of fused-ring (bicyclic) bond motifs is 1. The summed E-state index contributed by atoms with van der Waals surface area (Å²) < 4.78 is 13.8. The maximum absolute atomic E-state index is 13.5. The molecule has 0 spiro atoms. The van der Waals surface area contributed by atoms with Crippen LogP contribution < -0.4 is 15.0 Å². The van der Waals surface area contributed by atoms with Gasteiger partial charge in [0.05, 0.1) is 40.3 Å². The molecule has 1 heterocycles. The predicted molar refractivity (Wildman–Crippen MR) is 151 cm³/mol. The Labute approximate surface area is 229 Å². The Morgan fingerprint density at radius 1 is 1.13 bits per heavy atom. The van der Waals surface area contributed by atoms with Gasteiger partial charge in [-0.15, -0.1) is 0 Å². The van der Waals surface area contributed by atoms with Crippen LogP contribution in [0, 0.1) is 11.3 Å². The van der Waals surface area contributed by atoms with Crippen LogP contribution >= 0.6 is 15.9 Å². The molecule has 3 aromatic carbocycles. The molecule has 0 bridgehead atoms. The Hall–Kier alpha value is -3.96. The smallest absolute Gasteiger partial charge is 0.282 e. The molecule has 1 aliphatic rings. The highest BCUT2D eigenvalue weighted by Gasteiger charge is 2.22. The lowest BCUT2D eigenvalue weighted by molar-refractivity contribution is 0.282. The standard InChI is InChI=1S/C30H27BrN4O3/c1-37-27-16-20(15-25(31)28(27)38-19-23-12-6-5-11-22(23)17-32)18-33-35-29(21-9-3-2-4-10-21)34-26-14-8-7-13-24(26)30(35)36/h5-8,11-16,18,21H,2-4,9-10,19H2,1H3. The van der Waals surface area contributed by atoms with E-state index in [1.165, 1.54) is 11.1 Å². The second-order valence-corrected chi connectivity index (χ2v) is 10.1. The molecular weight excluding hydrogens is 544 g/mol. The highest BCUT2D eigenvalue weighted by Crippen LogP contribution is 2.37. The Bertz CT molecular complexity index is 1600. The van der Waals surface area contributed by atoms with Gasteiger partial charge in [-0.3, -0.25) is 4.79 Å². The summed E-state index contributed by atoms with van der Waals surface area (Å²) in [6.45, 7) is 0.217. The lowest BCUT2D eigenvalue weighted by Crippen LogP contribution is -2.25. The zero-order valence-corrected chi connectivity index (χ0v) is 22.6. The first-order chi connectivity index (χ1) is 18.6.